The predicted molar refractivity (Wildman–Crippen MR) is 38.9 cm³/mol. The molecule has 0 atom stereocenters. The molecule has 0 fully saturated rings. The molecule has 6 heteroatoms. The molecule has 0 saturated carbocycles. The van der Waals surface area contributed by atoms with E-state index in [1.54, 1.807) is 0 Å². The third-order valence-corrected chi connectivity index (χ3v) is 0.287. The summed E-state index contributed by atoms with van der Waals surface area (Å²) >= 11 is 3.98. The van der Waals surface area contributed by atoms with Crippen molar-refractivity contribution in [1.29, 1.82) is 0 Å². The van der Waals surface area contributed by atoms with Crippen LogP contribution in [-0.2, 0) is 27.0 Å². The van der Waals surface area contributed by atoms with Crippen LogP contribution in [0.25, 0.3) is 0 Å². The van der Waals surface area contributed by atoms with Crippen LogP contribution in [0.1, 0.15) is 13.8 Å². The van der Waals surface area contributed by atoms with E-state index >= 15 is 0 Å². The summed E-state index contributed by atoms with van der Waals surface area (Å²) in [6.45, 7) is 2.64. The first kappa shape index (κ1) is 17.4. The van der Waals surface area contributed by atoms with Gasteiger partial charge in [0.15, 0.2) is 0 Å². The Labute approximate surface area is 93.5 Å². The fourth-order valence-electron chi connectivity index (χ4n) is 0.117. The molecule has 0 aliphatic heterocycles. The minimum atomic E-state index is -0.336. The van der Waals surface area contributed by atoms with E-state index < -0.39 is 0 Å². The Bertz CT molecular complexity index is 116. The van der Waals surface area contributed by atoms with E-state index in [0.717, 1.165) is 0 Å². The van der Waals surface area contributed by atoms with Crippen LogP contribution in [0.3, 0.4) is 0 Å². The number of ether oxygens (including phenoxy) is 1. The van der Waals surface area contributed by atoms with E-state index in [4.69, 9.17) is 5.73 Å². The van der Waals surface area contributed by atoms with Crippen molar-refractivity contribution < 1.29 is 43.9 Å². The third-order valence-electron chi connectivity index (χ3n) is 0.287. The number of esters is 1. The van der Waals surface area contributed by atoms with Gasteiger partial charge in [-0.25, -0.2) is 0 Å². The number of hydrogen-bond donors (Lipinski definition) is 1. The van der Waals surface area contributed by atoms with Gasteiger partial charge in [-0.2, -0.15) is 0 Å². The monoisotopic (exact) mass is 187 g/mol. The van der Waals surface area contributed by atoms with Gasteiger partial charge in [0.2, 0.25) is 0 Å². The van der Waals surface area contributed by atoms with Crippen molar-refractivity contribution in [3.63, 3.8) is 0 Å². The van der Waals surface area contributed by atoms with Gasteiger partial charge in [-0.1, -0.05) is 0 Å². The summed E-state index contributed by atoms with van der Waals surface area (Å²) < 4.78 is 4.18. The minimum absolute atomic E-state index is 0. The molecule has 0 aliphatic rings. The van der Waals surface area contributed by atoms with E-state index in [-0.39, 0.29) is 47.4 Å². The molecule has 0 unspecified atom stereocenters. The van der Waals surface area contributed by atoms with Gasteiger partial charge < -0.3 is 22.2 Å². The molecule has 0 bridgehead atoms. The molecule has 0 aliphatic carbocycles. The van der Waals surface area contributed by atoms with E-state index in [1.807, 2.05) is 0 Å². The molecule has 0 rings (SSSR count). The van der Waals surface area contributed by atoms with Gasteiger partial charge in [-0.3, -0.25) is 10.5 Å². The van der Waals surface area contributed by atoms with Crippen LogP contribution in [0, 0.1) is 0 Å². The average molecular weight is 187 g/mol. The quantitative estimate of drug-likeness (QED) is 0.200. The zero-order valence-corrected chi connectivity index (χ0v) is 9.73. The van der Waals surface area contributed by atoms with Crippen molar-refractivity contribution in [3.8, 4) is 0 Å². The van der Waals surface area contributed by atoms with Crippen LogP contribution in [-0.4, -0.2) is 17.8 Å². The summed E-state index contributed by atoms with van der Waals surface area (Å²) in [5, 5.41) is -0.250. The van der Waals surface area contributed by atoms with Crippen molar-refractivity contribution in [2.75, 3.05) is 6.73 Å². The summed E-state index contributed by atoms with van der Waals surface area (Å²) in [6, 6.07) is 0. The second-order valence-corrected chi connectivity index (χ2v) is 1.87. The first-order valence-corrected chi connectivity index (χ1v) is 2.92. The SMILES string of the molecule is CC(=O)OCN.CC(=O)[S-].[Na+]. The van der Waals surface area contributed by atoms with Gasteiger partial charge in [-0.05, 0) is 6.92 Å². The smallest absolute Gasteiger partial charge is 0.742 e. The first-order chi connectivity index (χ1) is 4.50. The van der Waals surface area contributed by atoms with Crippen LogP contribution in [0.5, 0.6) is 0 Å². The molecule has 4 nitrogen and oxygen atoms in total. The molecule has 2 N–H and O–H groups in total. The predicted octanol–water partition coefficient (Wildman–Crippen LogP) is -3.45. The van der Waals surface area contributed by atoms with Crippen LogP contribution in [0.15, 0.2) is 0 Å². The van der Waals surface area contributed by atoms with Crippen molar-refractivity contribution >= 4 is 23.7 Å². The molecule has 0 amide bonds. The van der Waals surface area contributed by atoms with Crippen LogP contribution < -0.4 is 35.3 Å². The first-order valence-electron chi connectivity index (χ1n) is 2.51. The maximum Gasteiger partial charge on any atom is 1.00 e. The number of carbonyl (C=O) groups is 2. The summed E-state index contributed by atoms with van der Waals surface area (Å²) in [7, 11) is 0. The van der Waals surface area contributed by atoms with Crippen molar-refractivity contribution in [2.45, 2.75) is 13.8 Å². The van der Waals surface area contributed by atoms with Gasteiger partial charge in [0.1, 0.15) is 6.73 Å². The number of carbonyl (C=O) groups excluding carboxylic acids is 2. The van der Waals surface area contributed by atoms with Gasteiger partial charge in [0, 0.05) is 12.0 Å². The van der Waals surface area contributed by atoms with Gasteiger partial charge >= 0.3 is 35.5 Å². The van der Waals surface area contributed by atoms with E-state index in [0.29, 0.717) is 0 Å². The third kappa shape index (κ3) is 64.8. The van der Waals surface area contributed by atoms with Gasteiger partial charge in [0.25, 0.3) is 0 Å². The topological polar surface area (TPSA) is 69.4 Å². The molecular weight excluding hydrogens is 177 g/mol. The zero-order valence-electron chi connectivity index (χ0n) is 6.92. The molecule has 0 aromatic rings. The standard InChI is InChI=1S/C3H7NO2.C2H4OS.Na/c1-3(5)6-2-4;1-2(3)4;/h2,4H2,1H3;1H3,(H,3,4);/q;;+1/p-1. The Kier molecular flexibility index (Phi) is 20.5. The summed E-state index contributed by atoms with van der Waals surface area (Å²) in [4.78, 5) is 19.0. The summed E-state index contributed by atoms with van der Waals surface area (Å²) in [6.07, 6.45) is 0. The summed E-state index contributed by atoms with van der Waals surface area (Å²) in [5.41, 5.74) is 4.79. The van der Waals surface area contributed by atoms with Gasteiger partial charge in [0.05, 0.1) is 0 Å². The molecule has 0 radical (unpaired) electrons. The Morgan fingerprint density at radius 2 is 1.73 bits per heavy atom. The number of nitrogens with two attached hydrogens (primary N) is 1. The van der Waals surface area contributed by atoms with E-state index in [9.17, 15) is 9.59 Å². The van der Waals surface area contributed by atoms with E-state index in [2.05, 4.69) is 17.4 Å². The number of hydrogen-bond acceptors (Lipinski definition) is 5. The molecule has 0 aromatic carbocycles. The normalized spacial score (nSPS) is 6.45. The van der Waals surface area contributed by atoms with E-state index in [1.165, 1.54) is 13.8 Å². The molecule has 0 heterocycles. The fourth-order valence-corrected chi connectivity index (χ4v) is 0.117. The second-order valence-electron chi connectivity index (χ2n) is 1.29. The zero-order chi connectivity index (χ0) is 8.57. The Morgan fingerprint density at radius 3 is 1.73 bits per heavy atom. The molecule has 0 aromatic heterocycles. The van der Waals surface area contributed by atoms with Crippen molar-refractivity contribution in [3.05, 3.63) is 0 Å². The Balaban J connectivity index is -0.000000114. The van der Waals surface area contributed by atoms with Crippen molar-refractivity contribution in [2.24, 2.45) is 5.73 Å². The molecule has 0 saturated heterocycles. The summed E-state index contributed by atoms with van der Waals surface area (Å²) in [5.74, 6) is -0.336. The average Bonchev–Trinajstić information content (AvgIpc) is 1.62. The van der Waals surface area contributed by atoms with Crippen molar-refractivity contribution in [1.82, 2.24) is 0 Å². The maximum atomic E-state index is 9.74. The Hall–Kier alpha value is 0.320. The molecule has 0 spiro atoms. The molecule has 60 valence electrons. The van der Waals surface area contributed by atoms with Crippen LogP contribution in [0.2, 0.25) is 0 Å². The largest absolute Gasteiger partial charge is 1.00 e. The Morgan fingerprint density at radius 1 is 1.45 bits per heavy atom. The van der Waals surface area contributed by atoms with Crippen LogP contribution >= 0.6 is 0 Å². The number of rotatable bonds is 1. The van der Waals surface area contributed by atoms with Crippen LogP contribution in [0.4, 0.5) is 0 Å². The molecular formula is C5H10NNaO3S. The van der Waals surface area contributed by atoms with Gasteiger partial charge in [-0.15, -0.1) is 0 Å². The molecule has 11 heavy (non-hydrogen) atoms. The fraction of sp³-hybridized carbons (Fsp3) is 0.600. The second kappa shape index (κ2) is 12.9. The maximum absolute atomic E-state index is 9.74. The minimum Gasteiger partial charge on any atom is -0.742 e.